The zero-order valence-electron chi connectivity index (χ0n) is 8.63. The summed E-state index contributed by atoms with van der Waals surface area (Å²) in [6.07, 6.45) is 0.874. The van der Waals surface area contributed by atoms with Crippen molar-refractivity contribution in [2.75, 3.05) is 20.3 Å². The number of hydrogen-bond acceptors (Lipinski definition) is 2. The third-order valence-electron chi connectivity index (χ3n) is 1.89. The van der Waals surface area contributed by atoms with Crippen molar-refractivity contribution in [1.29, 1.82) is 0 Å². The number of ether oxygens (including phenoxy) is 2. The van der Waals surface area contributed by atoms with Crippen molar-refractivity contribution < 1.29 is 13.9 Å². The van der Waals surface area contributed by atoms with Gasteiger partial charge < -0.3 is 9.47 Å². The number of halogens is 2. The maximum Gasteiger partial charge on any atom is 0.137 e. The van der Waals surface area contributed by atoms with Gasteiger partial charge in [-0.05, 0) is 40.0 Å². The Kier molecular flexibility index (Phi) is 5.83. The molecule has 0 radical (unpaired) electrons. The molecular formula is C11H14BrFO2. The predicted molar refractivity (Wildman–Crippen MR) is 60.2 cm³/mol. The van der Waals surface area contributed by atoms with E-state index in [1.54, 1.807) is 19.2 Å². The minimum atomic E-state index is -0.252. The summed E-state index contributed by atoms with van der Waals surface area (Å²) in [5, 5.41) is 0. The molecule has 0 bridgehead atoms. The highest BCUT2D eigenvalue weighted by atomic mass is 79.9. The second kappa shape index (κ2) is 6.93. The van der Waals surface area contributed by atoms with Crippen LogP contribution in [-0.2, 0) is 16.1 Å². The lowest BCUT2D eigenvalue weighted by atomic mass is 10.2. The van der Waals surface area contributed by atoms with Crippen LogP contribution in [0.25, 0.3) is 0 Å². The van der Waals surface area contributed by atoms with Gasteiger partial charge in [-0.1, -0.05) is 6.07 Å². The molecule has 0 aliphatic carbocycles. The first-order chi connectivity index (χ1) is 7.24. The van der Waals surface area contributed by atoms with Crippen LogP contribution in [0.1, 0.15) is 12.0 Å². The van der Waals surface area contributed by atoms with E-state index < -0.39 is 0 Å². The van der Waals surface area contributed by atoms with Crippen LogP contribution in [0, 0.1) is 5.82 Å². The van der Waals surface area contributed by atoms with Crippen LogP contribution in [0.15, 0.2) is 22.7 Å². The van der Waals surface area contributed by atoms with E-state index in [9.17, 15) is 4.39 Å². The highest BCUT2D eigenvalue weighted by Gasteiger charge is 2.00. The average molecular weight is 277 g/mol. The first-order valence-corrected chi connectivity index (χ1v) is 5.54. The summed E-state index contributed by atoms with van der Waals surface area (Å²) in [7, 11) is 1.66. The zero-order chi connectivity index (χ0) is 11.1. The molecule has 0 saturated carbocycles. The summed E-state index contributed by atoms with van der Waals surface area (Å²) < 4.78 is 23.6. The molecule has 1 aromatic rings. The fourth-order valence-corrected chi connectivity index (χ4v) is 1.55. The van der Waals surface area contributed by atoms with Crippen LogP contribution < -0.4 is 0 Å². The van der Waals surface area contributed by atoms with Crippen molar-refractivity contribution in [1.82, 2.24) is 0 Å². The number of rotatable bonds is 6. The minimum Gasteiger partial charge on any atom is -0.385 e. The highest BCUT2D eigenvalue weighted by molar-refractivity contribution is 9.10. The van der Waals surface area contributed by atoms with Crippen LogP contribution in [0.2, 0.25) is 0 Å². The molecule has 4 heteroatoms. The van der Waals surface area contributed by atoms with Gasteiger partial charge in [0.25, 0.3) is 0 Å². The van der Waals surface area contributed by atoms with Crippen molar-refractivity contribution in [3.8, 4) is 0 Å². The van der Waals surface area contributed by atoms with Gasteiger partial charge in [0.2, 0.25) is 0 Å². The molecule has 1 rings (SSSR count). The summed E-state index contributed by atoms with van der Waals surface area (Å²) in [5.74, 6) is -0.252. The summed E-state index contributed by atoms with van der Waals surface area (Å²) in [6.45, 7) is 1.86. The molecule has 0 atom stereocenters. The van der Waals surface area contributed by atoms with Gasteiger partial charge in [-0.2, -0.15) is 0 Å². The number of hydrogen-bond donors (Lipinski definition) is 0. The third-order valence-corrected chi connectivity index (χ3v) is 2.50. The molecule has 0 amide bonds. The number of benzene rings is 1. The Morgan fingerprint density at radius 2 is 2.13 bits per heavy atom. The molecule has 0 fully saturated rings. The lowest BCUT2D eigenvalue weighted by Crippen LogP contribution is -1.99. The maximum absolute atomic E-state index is 12.9. The molecule has 84 valence electrons. The summed E-state index contributed by atoms with van der Waals surface area (Å²) in [5.41, 5.74) is 0.959. The van der Waals surface area contributed by atoms with Crippen molar-refractivity contribution in [2.24, 2.45) is 0 Å². The summed E-state index contributed by atoms with van der Waals surface area (Å²) in [4.78, 5) is 0. The van der Waals surface area contributed by atoms with E-state index in [4.69, 9.17) is 9.47 Å². The Morgan fingerprint density at radius 3 is 2.80 bits per heavy atom. The maximum atomic E-state index is 12.9. The quantitative estimate of drug-likeness (QED) is 0.744. The molecule has 0 N–H and O–H groups in total. The normalized spacial score (nSPS) is 10.6. The molecule has 0 heterocycles. The van der Waals surface area contributed by atoms with Crippen LogP contribution in [0.3, 0.4) is 0 Å². The van der Waals surface area contributed by atoms with E-state index in [1.807, 2.05) is 0 Å². The Hall–Kier alpha value is -0.450. The molecule has 15 heavy (non-hydrogen) atoms. The standard InChI is InChI=1S/C11H14BrFO2/c1-14-5-2-6-15-8-9-3-4-11(13)10(12)7-9/h3-4,7H,2,5-6,8H2,1H3. The first-order valence-electron chi connectivity index (χ1n) is 4.74. The molecule has 0 aliphatic heterocycles. The van der Waals surface area contributed by atoms with Crippen LogP contribution in [-0.4, -0.2) is 20.3 Å². The smallest absolute Gasteiger partial charge is 0.137 e. The molecular weight excluding hydrogens is 263 g/mol. The molecule has 0 spiro atoms. The van der Waals surface area contributed by atoms with E-state index in [0.717, 1.165) is 12.0 Å². The fraction of sp³-hybridized carbons (Fsp3) is 0.455. The predicted octanol–water partition coefficient (Wildman–Crippen LogP) is 3.14. The molecule has 0 aromatic heterocycles. The second-order valence-corrected chi connectivity index (χ2v) is 4.00. The molecule has 2 nitrogen and oxygen atoms in total. The molecule has 0 aliphatic rings. The van der Waals surface area contributed by atoms with Crippen molar-refractivity contribution in [3.63, 3.8) is 0 Å². The minimum absolute atomic E-state index is 0.252. The summed E-state index contributed by atoms with van der Waals surface area (Å²) >= 11 is 3.13. The van der Waals surface area contributed by atoms with E-state index in [0.29, 0.717) is 24.3 Å². The van der Waals surface area contributed by atoms with Crippen LogP contribution >= 0.6 is 15.9 Å². The second-order valence-electron chi connectivity index (χ2n) is 3.15. The zero-order valence-corrected chi connectivity index (χ0v) is 10.2. The van der Waals surface area contributed by atoms with Gasteiger partial charge in [0.1, 0.15) is 5.82 Å². The van der Waals surface area contributed by atoms with Crippen molar-refractivity contribution in [3.05, 3.63) is 34.1 Å². The first kappa shape index (κ1) is 12.6. The topological polar surface area (TPSA) is 18.5 Å². The monoisotopic (exact) mass is 276 g/mol. The Balaban J connectivity index is 2.28. The lowest BCUT2D eigenvalue weighted by molar-refractivity contribution is 0.0928. The highest BCUT2D eigenvalue weighted by Crippen LogP contribution is 2.17. The summed E-state index contributed by atoms with van der Waals surface area (Å²) in [6, 6.07) is 4.87. The Morgan fingerprint density at radius 1 is 1.33 bits per heavy atom. The fourth-order valence-electron chi connectivity index (χ4n) is 1.12. The molecule has 0 saturated heterocycles. The van der Waals surface area contributed by atoms with Crippen LogP contribution in [0.5, 0.6) is 0 Å². The van der Waals surface area contributed by atoms with Gasteiger partial charge in [-0.15, -0.1) is 0 Å². The van der Waals surface area contributed by atoms with Crippen molar-refractivity contribution in [2.45, 2.75) is 13.0 Å². The molecule has 1 aromatic carbocycles. The van der Waals surface area contributed by atoms with E-state index in [-0.39, 0.29) is 5.82 Å². The van der Waals surface area contributed by atoms with Gasteiger partial charge >= 0.3 is 0 Å². The van der Waals surface area contributed by atoms with Gasteiger partial charge in [0.05, 0.1) is 11.1 Å². The average Bonchev–Trinajstić information content (AvgIpc) is 2.23. The van der Waals surface area contributed by atoms with Crippen molar-refractivity contribution >= 4 is 15.9 Å². The Bertz CT molecular complexity index is 305. The van der Waals surface area contributed by atoms with Gasteiger partial charge in [-0.3, -0.25) is 0 Å². The largest absolute Gasteiger partial charge is 0.385 e. The van der Waals surface area contributed by atoms with Gasteiger partial charge in [0.15, 0.2) is 0 Å². The van der Waals surface area contributed by atoms with Crippen LogP contribution in [0.4, 0.5) is 4.39 Å². The number of methoxy groups -OCH3 is 1. The lowest BCUT2D eigenvalue weighted by Gasteiger charge is -2.04. The third kappa shape index (κ3) is 4.73. The van der Waals surface area contributed by atoms with Gasteiger partial charge in [0, 0.05) is 20.3 Å². The van der Waals surface area contributed by atoms with E-state index >= 15 is 0 Å². The molecule has 0 unspecified atom stereocenters. The van der Waals surface area contributed by atoms with E-state index in [1.165, 1.54) is 6.07 Å². The SMILES string of the molecule is COCCCOCc1ccc(F)c(Br)c1. The van der Waals surface area contributed by atoms with Gasteiger partial charge in [-0.25, -0.2) is 4.39 Å². The Labute approximate surface area is 97.5 Å². The van der Waals surface area contributed by atoms with E-state index in [2.05, 4.69) is 15.9 Å².